The van der Waals surface area contributed by atoms with Crippen LogP contribution < -0.4 is 11.3 Å². The Hall–Kier alpha value is -2.03. The lowest BCUT2D eigenvalue weighted by Crippen LogP contribution is -2.09. The highest BCUT2D eigenvalue weighted by atomic mass is 32.2. The number of hydrogen-bond donors (Lipinski definition) is 2. The number of aromatic nitrogens is 1. The summed E-state index contributed by atoms with van der Waals surface area (Å²) in [6.07, 6.45) is 1.89. The molecule has 1 heterocycles. The monoisotopic (exact) mass is 256 g/mol. The lowest BCUT2D eigenvalue weighted by Gasteiger charge is -2.10. The second-order valence-corrected chi connectivity index (χ2v) is 4.36. The number of nitriles is 1. The standard InChI is InChI=1S/C13H12N4S/c1-18-13-11(8-14)10(7-12(16-13)17-15)9-5-3-2-4-6-9/h2-7H,15H2,1H3,(H,16,17). The van der Waals surface area contributed by atoms with Gasteiger partial charge in [-0.05, 0) is 17.9 Å². The normalized spacial score (nSPS) is 9.83. The van der Waals surface area contributed by atoms with E-state index in [1.165, 1.54) is 11.8 Å². The van der Waals surface area contributed by atoms with Gasteiger partial charge in [-0.25, -0.2) is 10.8 Å². The first-order valence-corrected chi connectivity index (χ1v) is 6.53. The molecule has 3 N–H and O–H groups in total. The summed E-state index contributed by atoms with van der Waals surface area (Å²) in [6.45, 7) is 0. The van der Waals surface area contributed by atoms with E-state index in [4.69, 9.17) is 5.84 Å². The number of nitrogens with two attached hydrogens (primary N) is 1. The van der Waals surface area contributed by atoms with Crippen LogP contribution in [0.4, 0.5) is 5.82 Å². The Labute approximate surface area is 110 Å². The van der Waals surface area contributed by atoms with Crippen LogP contribution in [-0.2, 0) is 0 Å². The molecule has 0 saturated heterocycles. The molecule has 0 aliphatic rings. The van der Waals surface area contributed by atoms with Gasteiger partial charge in [-0.15, -0.1) is 11.8 Å². The van der Waals surface area contributed by atoms with Crippen molar-refractivity contribution in [2.24, 2.45) is 5.84 Å². The van der Waals surface area contributed by atoms with Crippen LogP contribution in [0, 0.1) is 11.3 Å². The zero-order chi connectivity index (χ0) is 13.0. The molecule has 2 rings (SSSR count). The predicted octanol–water partition coefficient (Wildman–Crippen LogP) is 2.63. The van der Waals surface area contributed by atoms with Crippen molar-refractivity contribution in [3.05, 3.63) is 42.0 Å². The molecule has 0 amide bonds. The largest absolute Gasteiger partial charge is 0.308 e. The second kappa shape index (κ2) is 5.54. The van der Waals surface area contributed by atoms with Crippen LogP contribution in [0.5, 0.6) is 0 Å². The van der Waals surface area contributed by atoms with Gasteiger partial charge in [0, 0.05) is 5.56 Å². The maximum atomic E-state index is 9.30. The van der Waals surface area contributed by atoms with Crippen LogP contribution in [0.3, 0.4) is 0 Å². The minimum absolute atomic E-state index is 0.553. The van der Waals surface area contributed by atoms with Gasteiger partial charge >= 0.3 is 0 Å². The van der Waals surface area contributed by atoms with E-state index in [0.717, 1.165) is 11.1 Å². The van der Waals surface area contributed by atoms with E-state index in [9.17, 15) is 5.26 Å². The first-order valence-electron chi connectivity index (χ1n) is 5.31. The Morgan fingerprint density at radius 3 is 2.61 bits per heavy atom. The van der Waals surface area contributed by atoms with E-state index < -0.39 is 0 Å². The molecule has 1 aromatic heterocycles. The first kappa shape index (κ1) is 12.4. The highest BCUT2D eigenvalue weighted by molar-refractivity contribution is 7.98. The smallest absolute Gasteiger partial charge is 0.141 e. The SMILES string of the molecule is CSc1nc(NN)cc(-c2ccccc2)c1C#N. The molecule has 0 aliphatic heterocycles. The van der Waals surface area contributed by atoms with Crippen molar-refractivity contribution in [2.45, 2.75) is 5.03 Å². The van der Waals surface area contributed by atoms with E-state index >= 15 is 0 Å². The van der Waals surface area contributed by atoms with E-state index in [-0.39, 0.29) is 0 Å². The van der Waals surface area contributed by atoms with Gasteiger partial charge in [-0.2, -0.15) is 5.26 Å². The Bertz CT molecular complexity index is 590. The summed E-state index contributed by atoms with van der Waals surface area (Å²) in [5.74, 6) is 5.96. The van der Waals surface area contributed by atoms with Gasteiger partial charge in [0.2, 0.25) is 0 Å². The predicted molar refractivity (Wildman–Crippen MR) is 74.0 cm³/mol. The minimum atomic E-state index is 0.553. The number of anilines is 1. The average molecular weight is 256 g/mol. The Kier molecular flexibility index (Phi) is 3.82. The van der Waals surface area contributed by atoms with E-state index in [1.807, 2.05) is 36.6 Å². The van der Waals surface area contributed by atoms with Crippen molar-refractivity contribution >= 4 is 17.6 Å². The molecule has 0 saturated carbocycles. The molecule has 0 fully saturated rings. The summed E-state index contributed by atoms with van der Waals surface area (Å²) < 4.78 is 0. The summed E-state index contributed by atoms with van der Waals surface area (Å²) in [5.41, 5.74) is 4.92. The third-order valence-electron chi connectivity index (χ3n) is 2.52. The summed E-state index contributed by atoms with van der Waals surface area (Å²) in [6, 6.07) is 13.7. The molecule has 4 nitrogen and oxygen atoms in total. The van der Waals surface area contributed by atoms with Crippen LogP contribution >= 0.6 is 11.8 Å². The molecular weight excluding hydrogens is 244 g/mol. The van der Waals surface area contributed by atoms with Crippen LogP contribution in [-0.4, -0.2) is 11.2 Å². The van der Waals surface area contributed by atoms with Crippen molar-refractivity contribution in [1.29, 1.82) is 5.26 Å². The minimum Gasteiger partial charge on any atom is -0.308 e. The quantitative estimate of drug-likeness (QED) is 0.501. The first-order chi connectivity index (χ1) is 8.80. The van der Waals surface area contributed by atoms with Crippen LogP contribution in [0.2, 0.25) is 0 Å². The molecule has 1 aromatic carbocycles. The van der Waals surface area contributed by atoms with Crippen molar-refractivity contribution in [2.75, 3.05) is 11.7 Å². The average Bonchev–Trinajstić information content (AvgIpc) is 2.46. The van der Waals surface area contributed by atoms with Crippen molar-refractivity contribution in [3.63, 3.8) is 0 Å². The molecule has 0 aliphatic carbocycles. The van der Waals surface area contributed by atoms with Gasteiger partial charge in [0.1, 0.15) is 16.9 Å². The van der Waals surface area contributed by atoms with Gasteiger partial charge in [0.25, 0.3) is 0 Å². The molecule has 2 aromatic rings. The Morgan fingerprint density at radius 1 is 1.33 bits per heavy atom. The zero-order valence-corrected chi connectivity index (χ0v) is 10.7. The molecule has 0 atom stereocenters. The zero-order valence-electron chi connectivity index (χ0n) is 9.84. The highest BCUT2D eigenvalue weighted by Gasteiger charge is 2.12. The fourth-order valence-electron chi connectivity index (χ4n) is 1.70. The molecule has 18 heavy (non-hydrogen) atoms. The Morgan fingerprint density at radius 2 is 2.06 bits per heavy atom. The van der Waals surface area contributed by atoms with E-state index in [0.29, 0.717) is 16.4 Å². The summed E-state index contributed by atoms with van der Waals surface area (Å²) in [7, 11) is 0. The number of nitrogen functional groups attached to an aromatic ring is 1. The van der Waals surface area contributed by atoms with Gasteiger partial charge in [-0.3, -0.25) is 0 Å². The topological polar surface area (TPSA) is 74.7 Å². The lowest BCUT2D eigenvalue weighted by molar-refractivity contribution is 1.09. The highest BCUT2D eigenvalue weighted by Crippen LogP contribution is 2.31. The van der Waals surface area contributed by atoms with Crippen LogP contribution in [0.25, 0.3) is 11.1 Å². The maximum absolute atomic E-state index is 9.30. The molecule has 5 heteroatoms. The van der Waals surface area contributed by atoms with Crippen LogP contribution in [0.1, 0.15) is 5.56 Å². The summed E-state index contributed by atoms with van der Waals surface area (Å²) in [5, 5.41) is 9.97. The fourth-order valence-corrected chi connectivity index (χ4v) is 2.25. The van der Waals surface area contributed by atoms with Crippen molar-refractivity contribution < 1.29 is 0 Å². The van der Waals surface area contributed by atoms with E-state index in [1.54, 1.807) is 6.07 Å². The number of nitrogens with one attached hydrogen (secondary N) is 1. The molecule has 90 valence electrons. The molecule has 0 spiro atoms. The van der Waals surface area contributed by atoms with Gasteiger partial charge in [0.15, 0.2) is 0 Å². The number of hydrazine groups is 1. The number of pyridine rings is 1. The lowest BCUT2D eigenvalue weighted by atomic mass is 10.0. The van der Waals surface area contributed by atoms with Gasteiger partial charge in [-0.1, -0.05) is 30.3 Å². The van der Waals surface area contributed by atoms with Gasteiger partial charge < -0.3 is 5.43 Å². The number of rotatable bonds is 3. The van der Waals surface area contributed by atoms with Crippen molar-refractivity contribution in [1.82, 2.24) is 4.98 Å². The third kappa shape index (κ3) is 2.30. The second-order valence-electron chi connectivity index (χ2n) is 3.56. The Balaban J connectivity index is 2.69. The van der Waals surface area contributed by atoms with Crippen molar-refractivity contribution in [3.8, 4) is 17.2 Å². The van der Waals surface area contributed by atoms with Gasteiger partial charge in [0.05, 0.1) is 5.56 Å². The maximum Gasteiger partial charge on any atom is 0.141 e. The molecular formula is C13H12N4S. The summed E-state index contributed by atoms with van der Waals surface area (Å²) >= 11 is 1.43. The van der Waals surface area contributed by atoms with E-state index in [2.05, 4.69) is 16.5 Å². The number of nitrogens with zero attached hydrogens (tertiary/aromatic N) is 2. The number of thioether (sulfide) groups is 1. The fraction of sp³-hybridized carbons (Fsp3) is 0.0769. The molecule has 0 radical (unpaired) electrons. The molecule has 0 unspecified atom stereocenters. The molecule has 0 bridgehead atoms. The number of hydrogen-bond acceptors (Lipinski definition) is 5. The number of benzene rings is 1. The third-order valence-corrected chi connectivity index (χ3v) is 3.21. The summed E-state index contributed by atoms with van der Waals surface area (Å²) in [4.78, 5) is 4.27. The van der Waals surface area contributed by atoms with Crippen LogP contribution in [0.15, 0.2) is 41.4 Å².